The number of hydrogen-bond donors (Lipinski definition) is 1. The SMILES string of the molecule is COC(=O)CSc1nc(-c2ccc(C)cc2)[nH]c(=O)c1[P+](c1ccccc1)(c1ccccc1)c1ccccc1. The summed E-state index contributed by atoms with van der Waals surface area (Å²) in [6.07, 6.45) is 0. The van der Waals surface area contributed by atoms with Gasteiger partial charge >= 0.3 is 5.97 Å². The molecule has 0 saturated heterocycles. The van der Waals surface area contributed by atoms with E-state index in [1.807, 2.05) is 85.8 Å². The van der Waals surface area contributed by atoms with Crippen LogP contribution in [0.1, 0.15) is 5.56 Å². The van der Waals surface area contributed by atoms with E-state index in [9.17, 15) is 9.59 Å². The third kappa shape index (κ3) is 5.31. The molecule has 0 bridgehead atoms. The van der Waals surface area contributed by atoms with Gasteiger partial charge in [-0.15, -0.1) is 0 Å². The number of aromatic amines is 1. The molecular formula is C32H28N2O3PS+. The van der Waals surface area contributed by atoms with Gasteiger partial charge in [-0.2, -0.15) is 0 Å². The lowest BCUT2D eigenvalue weighted by Crippen LogP contribution is -2.46. The van der Waals surface area contributed by atoms with Crippen molar-refractivity contribution in [3.05, 3.63) is 131 Å². The summed E-state index contributed by atoms with van der Waals surface area (Å²) in [6.45, 7) is 2.01. The number of methoxy groups -OCH3 is 1. The first-order chi connectivity index (χ1) is 19.0. The molecule has 0 aliphatic carbocycles. The number of esters is 1. The van der Waals surface area contributed by atoms with Gasteiger partial charge in [-0.05, 0) is 43.3 Å². The van der Waals surface area contributed by atoms with Crippen molar-refractivity contribution < 1.29 is 9.53 Å². The van der Waals surface area contributed by atoms with E-state index >= 15 is 0 Å². The zero-order chi connectivity index (χ0) is 27.2. The van der Waals surface area contributed by atoms with Gasteiger partial charge in [-0.25, -0.2) is 4.98 Å². The fourth-order valence-electron chi connectivity index (χ4n) is 4.67. The largest absolute Gasteiger partial charge is 0.468 e. The first-order valence-electron chi connectivity index (χ1n) is 12.5. The number of aromatic nitrogens is 2. The molecule has 1 N–H and O–H groups in total. The Balaban J connectivity index is 1.88. The molecule has 0 atom stereocenters. The minimum absolute atomic E-state index is 0.0334. The average molecular weight is 552 g/mol. The molecule has 0 aliphatic heterocycles. The van der Waals surface area contributed by atoms with Crippen LogP contribution in [0.15, 0.2) is 125 Å². The number of nitrogens with one attached hydrogen (secondary N) is 1. The average Bonchev–Trinajstić information content (AvgIpc) is 2.99. The van der Waals surface area contributed by atoms with Gasteiger partial charge in [0.2, 0.25) is 5.30 Å². The van der Waals surface area contributed by atoms with Crippen molar-refractivity contribution in [1.29, 1.82) is 0 Å². The van der Waals surface area contributed by atoms with Gasteiger partial charge in [-0.3, -0.25) is 9.59 Å². The van der Waals surface area contributed by atoms with Crippen LogP contribution in [0.5, 0.6) is 0 Å². The van der Waals surface area contributed by atoms with Crippen LogP contribution in [0, 0.1) is 6.92 Å². The van der Waals surface area contributed by atoms with E-state index in [1.165, 1.54) is 18.9 Å². The van der Waals surface area contributed by atoms with Crippen molar-refractivity contribution in [3.8, 4) is 11.4 Å². The molecule has 5 nitrogen and oxygen atoms in total. The molecule has 194 valence electrons. The molecule has 0 spiro atoms. The van der Waals surface area contributed by atoms with Crippen LogP contribution in [-0.2, 0) is 9.53 Å². The number of thioether (sulfide) groups is 1. The van der Waals surface area contributed by atoms with Gasteiger partial charge in [0.25, 0.3) is 5.56 Å². The molecular weight excluding hydrogens is 523 g/mol. The van der Waals surface area contributed by atoms with Gasteiger partial charge in [0, 0.05) is 5.56 Å². The van der Waals surface area contributed by atoms with E-state index in [2.05, 4.69) is 41.4 Å². The molecule has 39 heavy (non-hydrogen) atoms. The highest BCUT2D eigenvalue weighted by atomic mass is 32.2. The Hall–Kier alpha value is -3.99. The lowest BCUT2D eigenvalue weighted by atomic mass is 10.1. The first kappa shape index (κ1) is 26.6. The fourth-order valence-corrected chi connectivity index (χ4v) is 10.3. The van der Waals surface area contributed by atoms with Crippen LogP contribution >= 0.6 is 19.0 Å². The maximum absolute atomic E-state index is 14.4. The molecule has 0 unspecified atom stereocenters. The Labute approximate surface area is 232 Å². The maximum atomic E-state index is 14.4. The summed E-state index contributed by atoms with van der Waals surface area (Å²) in [7, 11) is -1.38. The number of carbonyl (C=O) groups excluding carboxylic acids is 1. The van der Waals surface area contributed by atoms with Crippen molar-refractivity contribution >= 4 is 46.2 Å². The Kier molecular flexibility index (Phi) is 8.06. The number of ether oxygens (including phenoxy) is 1. The Morgan fingerprint density at radius 1 is 0.795 bits per heavy atom. The second-order valence-corrected chi connectivity index (χ2v) is 13.3. The zero-order valence-electron chi connectivity index (χ0n) is 21.7. The van der Waals surface area contributed by atoms with Crippen LogP contribution < -0.4 is 26.8 Å². The minimum atomic E-state index is -2.75. The molecule has 4 aromatic carbocycles. The summed E-state index contributed by atoms with van der Waals surface area (Å²) < 4.78 is 4.95. The molecule has 0 amide bonds. The van der Waals surface area contributed by atoms with E-state index in [-0.39, 0.29) is 17.3 Å². The van der Waals surface area contributed by atoms with Crippen LogP contribution in [0.2, 0.25) is 0 Å². The van der Waals surface area contributed by atoms with Gasteiger partial charge in [0.1, 0.15) is 26.8 Å². The zero-order valence-corrected chi connectivity index (χ0v) is 23.4. The fraction of sp³-hybridized carbons (Fsp3) is 0.0938. The summed E-state index contributed by atoms with van der Waals surface area (Å²) >= 11 is 1.24. The smallest absolute Gasteiger partial charge is 0.316 e. The normalized spacial score (nSPS) is 11.2. The highest BCUT2D eigenvalue weighted by Gasteiger charge is 2.52. The summed E-state index contributed by atoms with van der Waals surface area (Å²) in [5.41, 5.74) is 1.69. The minimum Gasteiger partial charge on any atom is -0.468 e. The highest BCUT2D eigenvalue weighted by Crippen LogP contribution is 2.54. The monoisotopic (exact) mass is 551 g/mol. The lowest BCUT2D eigenvalue weighted by Gasteiger charge is -2.28. The Bertz CT molecular complexity index is 1530. The van der Waals surface area contributed by atoms with E-state index in [1.54, 1.807) is 0 Å². The molecule has 1 heterocycles. The molecule has 0 saturated carbocycles. The predicted molar refractivity (Wildman–Crippen MR) is 163 cm³/mol. The number of carbonyl (C=O) groups is 1. The van der Waals surface area contributed by atoms with Gasteiger partial charge < -0.3 is 9.72 Å². The second kappa shape index (κ2) is 11.8. The summed E-state index contributed by atoms with van der Waals surface area (Å²) in [6, 6.07) is 38.3. The van der Waals surface area contributed by atoms with Gasteiger partial charge in [-0.1, -0.05) is 96.2 Å². The van der Waals surface area contributed by atoms with Crippen molar-refractivity contribution in [2.45, 2.75) is 11.9 Å². The molecule has 0 radical (unpaired) electrons. The van der Waals surface area contributed by atoms with Gasteiger partial charge in [0.15, 0.2) is 7.26 Å². The summed E-state index contributed by atoms with van der Waals surface area (Å²) in [5.74, 6) is 0.113. The van der Waals surface area contributed by atoms with E-state index < -0.39 is 7.26 Å². The third-order valence-electron chi connectivity index (χ3n) is 6.51. The van der Waals surface area contributed by atoms with Gasteiger partial charge in [0.05, 0.1) is 12.9 Å². The molecule has 0 fully saturated rings. The van der Waals surface area contributed by atoms with Crippen molar-refractivity contribution in [3.63, 3.8) is 0 Å². The molecule has 5 aromatic rings. The predicted octanol–water partition coefficient (Wildman–Crippen LogP) is 4.63. The molecule has 0 aliphatic rings. The van der Waals surface area contributed by atoms with Crippen molar-refractivity contribution in [1.82, 2.24) is 9.97 Å². The van der Waals surface area contributed by atoms with Crippen LogP contribution in [0.4, 0.5) is 0 Å². The molecule has 7 heteroatoms. The Morgan fingerprint density at radius 2 is 1.28 bits per heavy atom. The lowest BCUT2D eigenvalue weighted by molar-refractivity contribution is -0.137. The van der Waals surface area contributed by atoms with E-state index in [0.29, 0.717) is 16.2 Å². The number of benzene rings is 4. The number of hydrogen-bond acceptors (Lipinski definition) is 5. The molecule has 1 aromatic heterocycles. The van der Waals surface area contributed by atoms with E-state index in [4.69, 9.17) is 9.72 Å². The van der Waals surface area contributed by atoms with Crippen LogP contribution in [-0.4, -0.2) is 28.8 Å². The first-order valence-corrected chi connectivity index (χ1v) is 15.3. The topological polar surface area (TPSA) is 72.0 Å². The molecule has 5 rings (SSSR count). The quantitative estimate of drug-likeness (QED) is 0.132. The Morgan fingerprint density at radius 3 is 1.74 bits per heavy atom. The number of aryl methyl sites for hydroxylation is 1. The number of rotatable bonds is 8. The van der Waals surface area contributed by atoms with Crippen molar-refractivity contribution in [2.75, 3.05) is 12.9 Å². The number of H-pyrrole nitrogens is 1. The van der Waals surface area contributed by atoms with Crippen LogP contribution in [0.25, 0.3) is 11.4 Å². The summed E-state index contributed by atoms with van der Waals surface area (Å²) in [5, 5.41) is 4.16. The van der Waals surface area contributed by atoms with E-state index in [0.717, 1.165) is 27.0 Å². The maximum Gasteiger partial charge on any atom is 0.316 e. The standard InChI is InChI=1S/C32H27N2O3PS/c1-23-18-20-24(21-19-23)30-33-31(36)29(32(34-30)39-22-28(35)37-2)38(25-12-6-3-7-13-25,26-14-8-4-9-15-26)27-16-10-5-11-17-27/h3-21H,22H2,1-2H3/p+1. The number of nitrogens with zero attached hydrogens (tertiary/aromatic N) is 1. The summed E-state index contributed by atoms with van der Waals surface area (Å²) in [4.78, 5) is 34.8. The van der Waals surface area contributed by atoms with Crippen molar-refractivity contribution in [2.24, 2.45) is 0 Å². The highest BCUT2D eigenvalue weighted by molar-refractivity contribution is 8.04. The third-order valence-corrected chi connectivity index (χ3v) is 11.9. The second-order valence-electron chi connectivity index (χ2n) is 8.98. The van der Waals surface area contributed by atoms with Crippen LogP contribution in [0.3, 0.4) is 0 Å².